The number of aliphatic carboxylic acids is 1. The predicted molar refractivity (Wildman–Crippen MR) is 102 cm³/mol. The summed E-state index contributed by atoms with van der Waals surface area (Å²) in [5, 5.41) is 10.7. The number of hydrogen-bond acceptors (Lipinski definition) is 5. The van der Waals surface area contributed by atoms with Crippen LogP contribution in [0.25, 0.3) is 4.96 Å². The van der Waals surface area contributed by atoms with Crippen molar-refractivity contribution in [3.8, 4) is 0 Å². The Labute approximate surface area is 159 Å². The zero-order valence-corrected chi connectivity index (χ0v) is 15.6. The third-order valence-corrected chi connectivity index (χ3v) is 5.13. The minimum atomic E-state index is -0.917. The van der Waals surface area contributed by atoms with Crippen molar-refractivity contribution < 1.29 is 14.7 Å². The molecule has 8 heteroatoms. The monoisotopic (exact) mass is 385 g/mol. The SMILES string of the molecule is Cc1csc2ncc(C(=O)N(CCCC(=O)O)Cc3ccccc3)c(=O)n12. The van der Waals surface area contributed by atoms with Gasteiger partial charge in [0, 0.05) is 36.8 Å². The first kappa shape index (κ1) is 18.8. The first-order valence-electron chi connectivity index (χ1n) is 8.48. The van der Waals surface area contributed by atoms with E-state index in [-0.39, 0.29) is 18.5 Å². The van der Waals surface area contributed by atoms with Crippen molar-refractivity contribution in [3.05, 3.63) is 69.1 Å². The molecule has 1 amide bonds. The summed E-state index contributed by atoms with van der Waals surface area (Å²) in [6, 6.07) is 9.38. The van der Waals surface area contributed by atoms with E-state index in [9.17, 15) is 14.4 Å². The van der Waals surface area contributed by atoms with Crippen LogP contribution in [0.5, 0.6) is 0 Å². The van der Waals surface area contributed by atoms with Crippen molar-refractivity contribution in [1.29, 1.82) is 0 Å². The standard InChI is InChI=1S/C19H19N3O4S/c1-13-12-27-19-20-10-15(18(26)22(13)19)17(25)21(9-5-8-16(23)24)11-14-6-3-2-4-7-14/h2-4,6-7,10,12H,5,8-9,11H2,1H3,(H,23,24). The number of carboxylic acids is 1. The molecule has 2 heterocycles. The van der Waals surface area contributed by atoms with E-state index in [1.165, 1.54) is 26.8 Å². The zero-order valence-electron chi connectivity index (χ0n) is 14.8. The summed E-state index contributed by atoms with van der Waals surface area (Å²) >= 11 is 1.34. The number of aromatic nitrogens is 2. The van der Waals surface area contributed by atoms with Crippen molar-refractivity contribution in [2.75, 3.05) is 6.54 Å². The van der Waals surface area contributed by atoms with Crippen LogP contribution < -0.4 is 5.56 Å². The molecule has 1 aromatic carbocycles. The zero-order chi connectivity index (χ0) is 19.4. The quantitative estimate of drug-likeness (QED) is 0.675. The second kappa shape index (κ2) is 8.13. The molecular formula is C19H19N3O4S. The molecule has 7 nitrogen and oxygen atoms in total. The molecule has 0 aliphatic carbocycles. The Balaban J connectivity index is 1.91. The second-order valence-corrected chi connectivity index (χ2v) is 7.02. The maximum atomic E-state index is 13.1. The third kappa shape index (κ3) is 4.22. The molecule has 0 aliphatic rings. The van der Waals surface area contributed by atoms with E-state index in [0.717, 1.165) is 11.3 Å². The van der Waals surface area contributed by atoms with Gasteiger partial charge in [0.25, 0.3) is 11.5 Å². The fourth-order valence-electron chi connectivity index (χ4n) is 2.82. The lowest BCUT2D eigenvalue weighted by atomic mass is 10.1. The minimum absolute atomic E-state index is 0.0137. The molecule has 3 rings (SSSR count). The van der Waals surface area contributed by atoms with Gasteiger partial charge in [-0.05, 0) is 18.9 Å². The molecule has 140 valence electrons. The van der Waals surface area contributed by atoms with Gasteiger partial charge in [0.2, 0.25) is 0 Å². The Hall–Kier alpha value is -3.00. The van der Waals surface area contributed by atoms with Gasteiger partial charge in [-0.25, -0.2) is 4.98 Å². The van der Waals surface area contributed by atoms with Crippen LogP contribution in [0.4, 0.5) is 0 Å². The van der Waals surface area contributed by atoms with Gasteiger partial charge in [0.05, 0.1) is 0 Å². The summed E-state index contributed by atoms with van der Waals surface area (Å²) in [5.41, 5.74) is 1.21. The Bertz CT molecular complexity index is 1030. The van der Waals surface area contributed by atoms with E-state index in [0.29, 0.717) is 17.9 Å². The number of thiazole rings is 1. The van der Waals surface area contributed by atoms with Gasteiger partial charge in [0.15, 0.2) is 4.96 Å². The van der Waals surface area contributed by atoms with Crippen molar-refractivity contribution in [2.45, 2.75) is 26.3 Å². The summed E-state index contributed by atoms with van der Waals surface area (Å²) in [5.74, 6) is -1.36. The molecule has 0 radical (unpaired) electrons. The van der Waals surface area contributed by atoms with Gasteiger partial charge in [-0.15, -0.1) is 11.3 Å². The fraction of sp³-hybridized carbons (Fsp3) is 0.263. The fourth-order valence-corrected chi connectivity index (χ4v) is 3.65. The number of carboxylic acid groups (broad SMARTS) is 1. The molecule has 2 aromatic heterocycles. The van der Waals surface area contributed by atoms with Gasteiger partial charge in [0.1, 0.15) is 5.56 Å². The van der Waals surface area contributed by atoms with E-state index in [2.05, 4.69) is 4.98 Å². The van der Waals surface area contributed by atoms with E-state index in [1.54, 1.807) is 6.92 Å². The third-order valence-electron chi connectivity index (χ3n) is 4.17. The lowest BCUT2D eigenvalue weighted by Gasteiger charge is -2.22. The highest BCUT2D eigenvalue weighted by Gasteiger charge is 2.21. The summed E-state index contributed by atoms with van der Waals surface area (Å²) in [6.07, 6.45) is 1.58. The first-order valence-corrected chi connectivity index (χ1v) is 9.36. The summed E-state index contributed by atoms with van der Waals surface area (Å²) in [4.78, 5) is 42.9. The summed E-state index contributed by atoms with van der Waals surface area (Å²) < 4.78 is 1.43. The van der Waals surface area contributed by atoms with E-state index >= 15 is 0 Å². The van der Waals surface area contributed by atoms with E-state index in [4.69, 9.17) is 5.11 Å². The molecule has 1 N–H and O–H groups in total. The average Bonchev–Trinajstić information content (AvgIpc) is 3.03. The Morgan fingerprint density at radius 2 is 2.00 bits per heavy atom. The largest absolute Gasteiger partial charge is 0.481 e. The normalized spacial score (nSPS) is 10.9. The van der Waals surface area contributed by atoms with Crippen LogP contribution in [0.1, 0.15) is 34.5 Å². The molecule has 3 aromatic rings. The van der Waals surface area contributed by atoms with Crippen LogP contribution in [0.15, 0.2) is 46.7 Å². The smallest absolute Gasteiger partial charge is 0.303 e. The van der Waals surface area contributed by atoms with E-state index in [1.807, 2.05) is 35.7 Å². The number of carbonyl (C=O) groups is 2. The van der Waals surface area contributed by atoms with Crippen molar-refractivity contribution in [3.63, 3.8) is 0 Å². The average molecular weight is 385 g/mol. The maximum Gasteiger partial charge on any atom is 0.303 e. The molecule has 27 heavy (non-hydrogen) atoms. The lowest BCUT2D eigenvalue weighted by Crippen LogP contribution is -2.36. The molecule has 0 atom stereocenters. The second-order valence-electron chi connectivity index (χ2n) is 6.18. The molecule has 0 saturated heterocycles. The Morgan fingerprint density at radius 3 is 2.70 bits per heavy atom. The highest BCUT2D eigenvalue weighted by molar-refractivity contribution is 7.15. The van der Waals surface area contributed by atoms with Gasteiger partial charge in [-0.1, -0.05) is 30.3 Å². The Morgan fingerprint density at radius 1 is 1.26 bits per heavy atom. The number of amides is 1. The number of nitrogens with zero attached hydrogens (tertiary/aromatic N) is 3. The Kier molecular flexibility index (Phi) is 5.66. The maximum absolute atomic E-state index is 13.1. The van der Waals surface area contributed by atoms with Crippen molar-refractivity contribution in [2.24, 2.45) is 0 Å². The van der Waals surface area contributed by atoms with Crippen LogP contribution in [-0.4, -0.2) is 37.8 Å². The highest BCUT2D eigenvalue weighted by atomic mass is 32.1. The number of benzene rings is 1. The summed E-state index contributed by atoms with van der Waals surface area (Å²) in [7, 11) is 0. The number of rotatable bonds is 7. The molecule has 0 fully saturated rings. The molecule has 0 bridgehead atoms. The van der Waals surface area contributed by atoms with Crippen LogP contribution in [0.3, 0.4) is 0 Å². The predicted octanol–water partition coefficient (Wildman–Crippen LogP) is 2.57. The van der Waals surface area contributed by atoms with Gasteiger partial charge in [-0.2, -0.15) is 0 Å². The van der Waals surface area contributed by atoms with Crippen LogP contribution in [-0.2, 0) is 11.3 Å². The van der Waals surface area contributed by atoms with Crippen molar-refractivity contribution >= 4 is 28.2 Å². The number of fused-ring (bicyclic) bond motifs is 1. The van der Waals surface area contributed by atoms with Crippen LogP contribution >= 0.6 is 11.3 Å². The molecule has 0 unspecified atom stereocenters. The molecule has 0 spiro atoms. The topological polar surface area (TPSA) is 92.0 Å². The van der Waals surface area contributed by atoms with Gasteiger partial charge in [-0.3, -0.25) is 18.8 Å². The van der Waals surface area contributed by atoms with Crippen LogP contribution in [0.2, 0.25) is 0 Å². The summed E-state index contributed by atoms with van der Waals surface area (Å²) in [6.45, 7) is 2.32. The highest BCUT2D eigenvalue weighted by Crippen LogP contribution is 2.13. The number of aryl methyl sites for hydroxylation is 1. The van der Waals surface area contributed by atoms with E-state index < -0.39 is 17.4 Å². The van der Waals surface area contributed by atoms with Crippen LogP contribution in [0, 0.1) is 6.92 Å². The first-order chi connectivity index (χ1) is 13.0. The molecular weight excluding hydrogens is 366 g/mol. The number of hydrogen-bond donors (Lipinski definition) is 1. The number of carbonyl (C=O) groups excluding carboxylic acids is 1. The van der Waals surface area contributed by atoms with Crippen molar-refractivity contribution in [1.82, 2.24) is 14.3 Å². The molecule has 0 aliphatic heterocycles. The van der Waals surface area contributed by atoms with Gasteiger partial charge < -0.3 is 10.0 Å². The van der Waals surface area contributed by atoms with Gasteiger partial charge >= 0.3 is 5.97 Å². The molecule has 0 saturated carbocycles. The minimum Gasteiger partial charge on any atom is -0.481 e. The lowest BCUT2D eigenvalue weighted by molar-refractivity contribution is -0.137.